The van der Waals surface area contributed by atoms with Crippen molar-refractivity contribution < 1.29 is 9.90 Å². The summed E-state index contributed by atoms with van der Waals surface area (Å²) in [4.78, 5) is 10.1. The van der Waals surface area contributed by atoms with Gasteiger partial charge in [0.05, 0.1) is 0 Å². The second kappa shape index (κ2) is 8.45. The Labute approximate surface area is 105 Å². The van der Waals surface area contributed by atoms with Gasteiger partial charge in [-0.2, -0.15) is 11.8 Å². The summed E-state index contributed by atoms with van der Waals surface area (Å²) in [7, 11) is 0. The predicted molar refractivity (Wildman–Crippen MR) is 47.2 cm³/mol. The summed E-state index contributed by atoms with van der Waals surface area (Å²) in [5, 5.41) is 8.27. The number of carbonyl (C=O) groups is 1. The zero-order chi connectivity index (χ0) is 7.28. The fourth-order valence-corrected chi connectivity index (χ4v) is 0.858. The second-order valence-electron chi connectivity index (χ2n) is 1.73. The van der Waals surface area contributed by atoms with Crippen LogP contribution in [0.3, 0.4) is 0 Å². The van der Waals surface area contributed by atoms with Gasteiger partial charge >= 0.3 is 54.9 Å². The van der Waals surface area contributed by atoms with Gasteiger partial charge in [0.2, 0.25) is 0 Å². The number of thioether (sulfide) groups is 1. The number of carboxylic acids is 1. The SMILES string of the molecule is CSCC[C@H](N)C(=O)O.[BaH2]. The third-order valence-electron chi connectivity index (χ3n) is 0.950. The molecule has 0 aromatic rings. The average Bonchev–Trinajstić information content (AvgIpc) is 1.82. The number of carboxylic acid groups (broad SMARTS) is 1. The van der Waals surface area contributed by atoms with Gasteiger partial charge in [-0.05, 0) is 18.4 Å². The van der Waals surface area contributed by atoms with Gasteiger partial charge < -0.3 is 10.8 Å². The van der Waals surface area contributed by atoms with Crippen molar-refractivity contribution in [1.82, 2.24) is 0 Å². The fourth-order valence-electron chi connectivity index (χ4n) is 0.368. The predicted octanol–water partition coefficient (Wildman–Crippen LogP) is -0.765. The van der Waals surface area contributed by atoms with E-state index in [0.717, 1.165) is 5.75 Å². The molecule has 0 saturated heterocycles. The average molecular weight is 289 g/mol. The van der Waals surface area contributed by atoms with Crippen LogP contribution >= 0.6 is 11.8 Å². The molecule has 10 heavy (non-hydrogen) atoms. The van der Waals surface area contributed by atoms with E-state index < -0.39 is 12.0 Å². The summed E-state index contributed by atoms with van der Waals surface area (Å²) in [5.74, 6) is -0.1000. The molecule has 0 unspecified atom stereocenters. The molecule has 0 bridgehead atoms. The summed E-state index contributed by atoms with van der Waals surface area (Å²) >= 11 is 1.60. The molecule has 0 aliphatic rings. The van der Waals surface area contributed by atoms with Crippen LogP contribution in [-0.4, -0.2) is 78.0 Å². The second-order valence-corrected chi connectivity index (χ2v) is 2.71. The maximum absolute atomic E-state index is 10.1. The molecule has 0 saturated carbocycles. The molecule has 0 aromatic heterocycles. The molecule has 0 amide bonds. The standard InChI is InChI=1S/C5H11NO2S.Ba.2H/c1-9-3-2-4(6)5(7)8;;;/h4H,2-3,6H2,1H3,(H,7,8);;;/t4-;;;/m0.../s1. The molecule has 0 aliphatic carbocycles. The molecule has 0 aromatic carbocycles. The molecular formula is C5H13BaNO2S. The van der Waals surface area contributed by atoms with Crippen molar-refractivity contribution in [1.29, 1.82) is 0 Å². The van der Waals surface area contributed by atoms with E-state index >= 15 is 0 Å². The van der Waals surface area contributed by atoms with Crippen LogP contribution in [0, 0.1) is 0 Å². The molecule has 1 atom stereocenters. The molecule has 58 valence electrons. The number of hydrogen-bond acceptors (Lipinski definition) is 3. The molecule has 0 rings (SSSR count). The Hall–Kier alpha value is 1.35. The van der Waals surface area contributed by atoms with Crippen LogP contribution in [0.5, 0.6) is 0 Å². The first-order valence-corrected chi connectivity index (χ1v) is 4.05. The summed E-state index contributed by atoms with van der Waals surface area (Å²) in [6.07, 6.45) is 2.48. The Bertz CT molecular complexity index is 102. The number of nitrogens with two attached hydrogens (primary N) is 1. The number of hydrogen-bond donors (Lipinski definition) is 2. The van der Waals surface area contributed by atoms with E-state index in [9.17, 15) is 4.79 Å². The van der Waals surface area contributed by atoms with Crippen LogP contribution in [0.25, 0.3) is 0 Å². The Kier molecular flexibility index (Phi) is 11.8. The molecular weight excluding hydrogens is 275 g/mol. The Morgan fingerprint density at radius 1 is 1.80 bits per heavy atom. The Morgan fingerprint density at radius 3 is 2.60 bits per heavy atom. The quantitative estimate of drug-likeness (QED) is 0.667. The zero-order valence-corrected chi connectivity index (χ0v) is 6.15. The van der Waals surface area contributed by atoms with Crippen LogP contribution in [0.4, 0.5) is 0 Å². The van der Waals surface area contributed by atoms with Gasteiger partial charge in [-0.15, -0.1) is 0 Å². The first-order chi connectivity index (χ1) is 4.18. The molecule has 3 N–H and O–H groups in total. The van der Waals surface area contributed by atoms with Crippen molar-refractivity contribution in [3.63, 3.8) is 0 Å². The summed E-state index contributed by atoms with van der Waals surface area (Å²) in [6.45, 7) is 0. The monoisotopic (exact) mass is 289 g/mol. The fraction of sp³-hybridized carbons (Fsp3) is 0.800. The normalized spacial score (nSPS) is 11.8. The summed E-state index contributed by atoms with van der Waals surface area (Å²) in [5.41, 5.74) is 5.19. The van der Waals surface area contributed by atoms with E-state index in [-0.39, 0.29) is 48.9 Å². The van der Waals surface area contributed by atoms with Gasteiger partial charge in [0.1, 0.15) is 6.04 Å². The molecule has 0 heterocycles. The molecule has 5 heteroatoms. The number of rotatable bonds is 4. The van der Waals surface area contributed by atoms with E-state index in [4.69, 9.17) is 10.8 Å². The van der Waals surface area contributed by atoms with Crippen LogP contribution in [0.15, 0.2) is 0 Å². The van der Waals surface area contributed by atoms with Gasteiger partial charge in [-0.3, -0.25) is 4.79 Å². The van der Waals surface area contributed by atoms with E-state index in [1.807, 2.05) is 6.26 Å². The van der Waals surface area contributed by atoms with Gasteiger partial charge in [0, 0.05) is 0 Å². The van der Waals surface area contributed by atoms with E-state index in [2.05, 4.69) is 0 Å². The van der Waals surface area contributed by atoms with Gasteiger partial charge in [-0.1, -0.05) is 0 Å². The van der Waals surface area contributed by atoms with Crippen LogP contribution in [-0.2, 0) is 4.79 Å². The first-order valence-electron chi connectivity index (χ1n) is 2.65. The van der Waals surface area contributed by atoms with Crippen molar-refractivity contribution >= 4 is 66.6 Å². The summed E-state index contributed by atoms with van der Waals surface area (Å²) in [6, 6.07) is -0.683. The van der Waals surface area contributed by atoms with E-state index in [1.54, 1.807) is 11.8 Å². The maximum atomic E-state index is 10.1. The van der Waals surface area contributed by atoms with Crippen molar-refractivity contribution in [2.24, 2.45) is 5.73 Å². The van der Waals surface area contributed by atoms with Crippen molar-refractivity contribution in [2.45, 2.75) is 12.5 Å². The molecule has 3 nitrogen and oxygen atoms in total. The molecule has 0 fully saturated rings. The van der Waals surface area contributed by atoms with Crippen LogP contribution in [0.1, 0.15) is 6.42 Å². The third-order valence-corrected chi connectivity index (χ3v) is 1.59. The molecule has 0 aliphatic heterocycles. The molecule has 0 radical (unpaired) electrons. The first kappa shape index (κ1) is 13.9. The minimum atomic E-state index is -0.913. The molecule has 0 spiro atoms. The van der Waals surface area contributed by atoms with Crippen molar-refractivity contribution in [3.8, 4) is 0 Å². The Morgan fingerprint density at radius 2 is 2.30 bits per heavy atom. The number of aliphatic carboxylic acids is 1. The topological polar surface area (TPSA) is 63.3 Å². The van der Waals surface area contributed by atoms with Gasteiger partial charge in [0.25, 0.3) is 0 Å². The third kappa shape index (κ3) is 7.46. The minimum absolute atomic E-state index is 0. The summed E-state index contributed by atoms with van der Waals surface area (Å²) < 4.78 is 0. The van der Waals surface area contributed by atoms with Gasteiger partial charge in [0.15, 0.2) is 0 Å². The van der Waals surface area contributed by atoms with Crippen molar-refractivity contribution in [2.75, 3.05) is 12.0 Å². The zero-order valence-electron chi connectivity index (χ0n) is 5.33. The Balaban J connectivity index is 0. The van der Waals surface area contributed by atoms with E-state index in [0.29, 0.717) is 6.42 Å². The van der Waals surface area contributed by atoms with E-state index in [1.165, 1.54) is 0 Å². The van der Waals surface area contributed by atoms with Crippen LogP contribution in [0.2, 0.25) is 0 Å². The van der Waals surface area contributed by atoms with Crippen molar-refractivity contribution in [3.05, 3.63) is 0 Å². The van der Waals surface area contributed by atoms with Crippen LogP contribution < -0.4 is 5.73 Å². The van der Waals surface area contributed by atoms with Gasteiger partial charge in [-0.25, -0.2) is 0 Å².